The molecule has 1 saturated heterocycles. The van der Waals surface area contributed by atoms with Gasteiger partial charge in [0.05, 0.1) is 25.4 Å². The van der Waals surface area contributed by atoms with Crippen LogP contribution in [-0.2, 0) is 14.3 Å². The number of carbonyl (C=O) groups is 1. The zero-order valence-electron chi connectivity index (χ0n) is 39.2. The van der Waals surface area contributed by atoms with Crippen LogP contribution in [0.15, 0.2) is 12.2 Å². The number of unbranched alkanes of at least 4 members (excludes halogenated alkanes) is 29. The molecule has 1 amide bonds. The van der Waals surface area contributed by atoms with Crippen LogP contribution in [0.2, 0.25) is 0 Å². The van der Waals surface area contributed by atoms with Gasteiger partial charge < -0.3 is 50.5 Å². The quantitative estimate of drug-likeness (QED) is 0.0217. The molecule has 362 valence electrons. The number of hydrogen-bond donors (Lipinski definition) is 8. The Labute approximate surface area is 372 Å². The molecule has 1 fully saturated rings. The third kappa shape index (κ3) is 29.8. The van der Waals surface area contributed by atoms with Crippen molar-refractivity contribution in [3.05, 3.63) is 12.2 Å². The minimum atomic E-state index is -1.65. The fraction of sp³-hybridized carbons (Fsp3) is 0.940. The SMILES string of the molecule is CCCCCCCCCCCCCC/C=C\CCCCCCCCCCCCCCCCCC(O)C(=O)NC(COC1OC(CO)C(O)C(O)C1O)C(O)C(O)CCCCC. The van der Waals surface area contributed by atoms with E-state index in [2.05, 4.69) is 24.4 Å². The second-order valence-corrected chi connectivity index (χ2v) is 18.2. The van der Waals surface area contributed by atoms with Crippen molar-refractivity contribution in [2.45, 2.75) is 287 Å². The average molecular weight is 872 g/mol. The number of nitrogens with one attached hydrogen (secondary N) is 1. The summed E-state index contributed by atoms with van der Waals surface area (Å²) in [5.74, 6) is -0.704. The summed E-state index contributed by atoms with van der Waals surface area (Å²) in [4.78, 5) is 12.9. The van der Waals surface area contributed by atoms with Crippen LogP contribution in [-0.4, -0.2) is 110 Å². The molecule has 9 atom stereocenters. The van der Waals surface area contributed by atoms with Crippen molar-refractivity contribution in [3.8, 4) is 0 Å². The van der Waals surface area contributed by atoms with Gasteiger partial charge in [0.1, 0.15) is 36.6 Å². The first-order valence-corrected chi connectivity index (χ1v) is 25.6. The fourth-order valence-corrected chi connectivity index (χ4v) is 8.32. The summed E-state index contributed by atoms with van der Waals surface area (Å²) in [6.07, 6.45) is 34.2. The Morgan fingerprint density at radius 2 is 0.951 bits per heavy atom. The zero-order chi connectivity index (χ0) is 44.8. The van der Waals surface area contributed by atoms with Crippen molar-refractivity contribution in [2.75, 3.05) is 13.2 Å². The number of aliphatic hydroxyl groups excluding tert-OH is 7. The van der Waals surface area contributed by atoms with Crippen molar-refractivity contribution in [1.82, 2.24) is 5.32 Å². The molecule has 0 spiro atoms. The summed E-state index contributed by atoms with van der Waals surface area (Å²) in [6.45, 7) is 3.25. The predicted molar refractivity (Wildman–Crippen MR) is 247 cm³/mol. The van der Waals surface area contributed by atoms with Gasteiger partial charge in [0, 0.05) is 0 Å². The topological polar surface area (TPSA) is 189 Å². The first-order valence-electron chi connectivity index (χ1n) is 25.6. The van der Waals surface area contributed by atoms with Crippen LogP contribution in [0.25, 0.3) is 0 Å². The lowest BCUT2D eigenvalue weighted by Crippen LogP contribution is -2.60. The van der Waals surface area contributed by atoms with Gasteiger partial charge in [-0.2, -0.15) is 0 Å². The van der Waals surface area contributed by atoms with E-state index in [-0.39, 0.29) is 6.42 Å². The smallest absolute Gasteiger partial charge is 0.249 e. The van der Waals surface area contributed by atoms with E-state index in [1.165, 1.54) is 161 Å². The molecule has 8 N–H and O–H groups in total. The molecular formula is C50H97NO10. The molecule has 0 bridgehead atoms. The lowest BCUT2D eigenvalue weighted by atomic mass is 9.98. The van der Waals surface area contributed by atoms with E-state index in [9.17, 15) is 40.5 Å². The van der Waals surface area contributed by atoms with Gasteiger partial charge in [0.15, 0.2) is 6.29 Å². The van der Waals surface area contributed by atoms with Crippen LogP contribution in [0.5, 0.6) is 0 Å². The molecule has 11 heteroatoms. The maximum absolute atomic E-state index is 12.9. The highest BCUT2D eigenvalue weighted by atomic mass is 16.7. The Hall–Kier alpha value is -1.15. The van der Waals surface area contributed by atoms with Crippen LogP contribution in [0.4, 0.5) is 0 Å². The zero-order valence-corrected chi connectivity index (χ0v) is 39.2. The van der Waals surface area contributed by atoms with Gasteiger partial charge in [-0.15, -0.1) is 0 Å². The summed E-state index contributed by atoms with van der Waals surface area (Å²) in [5.41, 5.74) is 0. The predicted octanol–water partition coefficient (Wildman–Crippen LogP) is 9.23. The summed E-state index contributed by atoms with van der Waals surface area (Å²) in [6, 6.07) is -1.16. The number of carbonyl (C=O) groups excluding carboxylic acids is 1. The van der Waals surface area contributed by atoms with Crippen LogP contribution in [0, 0.1) is 0 Å². The van der Waals surface area contributed by atoms with Gasteiger partial charge in [-0.3, -0.25) is 4.79 Å². The molecule has 61 heavy (non-hydrogen) atoms. The van der Waals surface area contributed by atoms with Crippen LogP contribution in [0.1, 0.15) is 232 Å². The Balaban J connectivity index is 2.06. The molecular weight excluding hydrogens is 775 g/mol. The third-order valence-electron chi connectivity index (χ3n) is 12.6. The van der Waals surface area contributed by atoms with E-state index in [0.717, 1.165) is 32.1 Å². The maximum atomic E-state index is 12.9. The molecule has 0 aromatic heterocycles. The van der Waals surface area contributed by atoms with Gasteiger partial charge in [-0.25, -0.2) is 0 Å². The molecule has 1 rings (SSSR count). The van der Waals surface area contributed by atoms with E-state index >= 15 is 0 Å². The summed E-state index contributed by atoms with van der Waals surface area (Å²) >= 11 is 0. The van der Waals surface area contributed by atoms with Gasteiger partial charge in [0.25, 0.3) is 0 Å². The van der Waals surface area contributed by atoms with Gasteiger partial charge in [-0.05, 0) is 38.5 Å². The first-order chi connectivity index (χ1) is 29.7. The first kappa shape index (κ1) is 57.9. The fourth-order valence-electron chi connectivity index (χ4n) is 8.32. The third-order valence-corrected chi connectivity index (χ3v) is 12.6. The number of allylic oxidation sites excluding steroid dienone is 2. The standard InChI is InChI=1S/C50H97NO10/c1-3-5-7-8-9-10-11-12-13-14-15-16-17-18-19-20-21-22-23-24-25-26-27-28-29-30-31-32-33-34-36-38-43(54)49(59)51-41(45(55)42(53)37-35-6-4-2)40-60-50-48(58)47(57)46(56)44(39-52)61-50/h18-19,41-48,50,52-58H,3-17,20-40H2,1-2H3,(H,51,59)/b19-18-. The Morgan fingerprint density at radius 3 is 1.39 bits per heavy atom. The van der Waals surface area contributed by atoms with E-state index < -0.39 is 74.2 Å². The van der Waals surface area contributed by atoms with Crippen LogP contribution < -0.4 is 5.32 Å². The van der Waals surface area contributed by atoms with Gasteiger partial charge in [-0.1, -0.05) is 206 Å². The number of amides is 1. The monoisotopic (exact) mass is 872 g/mol. The normalized spacial score (nSPS) is 21.5. The highest BCUT2D eigenvalue weighted by molar-refractivity contribution is 5.80. The van der Waals surface area contributed by atoms with Crippen LogP contribution >= 0.6 is 0 Å². The second-order valence-electron chi connectivity index (χ2n) is 18.2. The molecule has 1 aliphatic rings. The van der Waals surface area contributed by atoms with Crippen molar-refractivity contribution in [3.63, 3.8) is 0 Å². The number of ether oxygens (including phenoxy) is 2. The molecule has 0 aromatic carbocycles. The van der Waals surface area contributed by atoms with E-state index in [1.807, 2.05) is 6.92 Å². The molecule has 0 aliphatic carbocycles. The van der Waals surface area contributed by atoms with E-state index in [4.69, 9.17) is 9.47 Å². The molecule has 11 nitrogen and oxygen atoms in total. The van der Waals surface area contributed by atoms with Crippen molar-refractivity contribution in [1.29, 1.82) is 0 Å². The Kier molecular flexibility index (Phi) is 38.3. The molecule has 1 aliphatic heterocycles. The molecule has 0 saturated carbocycles. The number of hydrogen-bond acceptors (Lipinski definition) is 10. The van der Waals surface area contributed by atoms with E-state index in [1.54, 1.807) is 0 Å². The lowest BCUT2D eigenvalue weighted by molar-refractivity contribution is -0.303. The van der Waals surface area contributed by atoms with E-state index in [0.29, 0.717) is 19.3 Å². The minimum Gasteiger partial charge on any atom is -0.394 e. The average Bonchev–Trinajstić information content (AvgIpc) is 3.26. The maximum Gasteiger partial charge on any atom is 0.249 e. The summed E-state index contributed by atoms with van der Waals surface area (Å²) in [5, 5.41) is 74.7. The minimum absolute atomic E-state index is 0.262. The lowest BCUT2D eigenvalue weighted by Gasteiger charge is -2.40. The highest BCUT2D eigenvalue weighted by Crippen LogP contribution is 2.23. The number of aliphatic hydroxyl groups is 7. The Bertz CT molecular complexity index is 1000. The van der Waals surface area contributed by atoms with Crippen molar-refractivity contribution in [2.24, 2.45) is 0 Å². The highest BCUT2D eigenvalue weighted by Gasteiger charge is 2.44. The molecule has 9 unspecified atom stereocenters. The van der Waals surface area contributed by atoms with Crippen molar-refractivity contribution < 1.29 is 50.0 Å². The molecule has 0 aromatic rings. The molecule has 1 heterocycles. The van der Waals surface area contributed by atoms with Gasteiger partial charge >= 0.3 is 0 Å². The van der Waals surface area contributed by atoms with Gasteiger partial charge in [0.2, 0.25) is 5.91 Å². The number of rotatable bonds is 43. The second kappa shape index (κ2) is 40.4. The largest absolute Gasteiger partial charge is 0.394 e. The molecule has 0 radical (unpaired) electrons. The van der Waals surface area contributed by atoms with Crippen molar-refractivity contribution >= 4 is 5.91 Å². The Morgan fingerprint density at radius 1 is 0.557 bits per heavy atom. The summed E-state index contributed by atoms with van der Waals surface area (Å²) < 4.78 is 11.0. The summed E-state index contributed by atoms with van der Waals surface area (Å²) in [7, 11) is 0. The van der Waals surface area contributed by atoms with Crippen LogP contribution in [0.3, 0.4) is 0 Å².